The summed E-state index contributed by atoms with van der Waals surface area (Å²) in [6.07, 6.45) is -4.88. The number of hydrogen-bond donors (Lipinski definition) is 1. The Morgan fingerprint density at radius 1 is 1.00 bits per heavy atom. The molecular formula is C22H13F6N3O. The van der Waals surface area contributed by atoms with Crippen molar-refractivity contribution in [3.8, 4) is 5.69 Å². The molecule has 3 aromatic carbocycles. The van der Waals surface area contributed by atoms with E-state index in [1.165, 1.54) is 6.07 Å². The lowest BCUT2D eigenvalue weighted by atomic mass is 10.1. The second-order valence-corrected chi connectivity index (χ2v) is 6.77. The Hall–Kier alpha value is -3.82. The number of alkyl halides is 4. The number of benzene rings is 3. The van der Waals surface area contributed by atoms with Gasteiger partial charge in [0.15, 0.2) is 11.6 Å². The van der Waals surface area contributed by atoms with Crippen LogP contribution in [0.2, 0.25) is 0 Å². The Bertz CT molecular complexity index is 1330. The Morgan fingerprint density at radius 2 is 1.75 bits per heavy atom. The first-order valence-electron chi connectivity index (χ1n) is 9.20. The molecule has 0 aliphatic carbocycles. The van der Waals surface area contributed by atoms with E-state index in [1.54, 1.807) is 18.2 Å². The van der Waals surface area contributed by atoms with E-state index in [1.807, 2.05) is 0 Å². The van der Waals surface area contributed by atoms with Crippen LogP contribution in [-0.2, 0) is 12.9 Å². The number of carbonyl (C=O) groups excluding carboxylic acids is 1. The maximum atomic E-state index is 13.9. The molecule has 0 aliphatic rings. The maximum Gasteiger partial charge on any atom is 0.418 e. The molecule has 1 heterocycles. The van der Waals surface area contributed by atoms with Gasteiger partial charge in [-0.15, -0.1) is 0 Å². The number of halogens is 6. The summed E-state index contributed by atoms with van der Waals surface area (Å²) < 4.78 is 83.5. The molecule has 164 valence electrons. The van der Waals surface area contributed by atoms with Gasteiger partial charge in [-0.1, -0.05) is 18.2 Å². The Balaban J connectivity index is 1.81. The summed E-state index contributed by atoms with van der Waals surface area (Å²) in [5.74, 6) is -4.04. The lowest BCUT2D eigenvalue weighted by Crippen LogP contribution is -2.17. The van der Waals surface area contributed by atoms with Crippen molar-refractivity contribution in [2.75, 3.05) is 5.32 Å². The van der Waals surface area contributed by atoms with Crippen molar-refractivity contribution >= 4 is 22.6 Å². The highest BCUT2D eigenvalue weighted by Gasteiger charge is 2.35. The van der Waals surface area contributed by atoms with E-state index < -0.39 is 47.2 Å². The third-order valence-corrected chi connectivity index (χ3v) is 4.75. The molecule has 1 N–H and O–H groups in total. The Labute approximate surface area is 177 Å². The minimum atomic E-state index is -4.88. The van der Waals surface area contributed by atoms with Crippen LogP contribution in [-0.4, -0.2) is 15.5 Å². The second-order valence-electron chi connectivity index (χ2n) is 6.77. The molecule has 0 radical (unpaired) electrons. The number of nitrogens with zero attached hydrogens (tertiary/aromatic N) is 2. The van der Waals surface area contributed by atoms with Gasteiger partial charge in [-0.2, -0.15) is 13.2 Å². The zero-order valence-electron chi connectivity index (χ0n) is 16.1. The molecule has 0 bridgehead atoms. The number of nitrogens with one attached hydrogen (secondary N) is 1. The van der Waals surface area contributed by atoms with Gasteiger partial charge in [-0.25, -0.2) is 18.2 Å². The molecule has 0 saturated carbocycles. The molecular weight excluding hydrogens is 436 g/mol. The van der Waals surface area contributed by atoms with Gasteiger partial charge in [0.05, 0.1) is 27.8 Å². The summed E-state index contributed by atoms with van der Waals surface area (Å²) in [7, 11) is 0. The average molecular weight is 449 g/mol. The fourth-order valence-electron chi connectivity index (χ4n) is 3.35. The quantitative estimate of drug-likeness (QED) is 0.386. The van der Waals surface area contributed by atoms with Gasteiger partial charge in [-0.05, 0) is 42.5 Å². The molecule has 0 fully saturated rings. The van der Waals surface area contributed by atoms with Crippen molar-refractivity contribution in [1.82, 2.24) is 9.55 Å². The van der Waals surface area contributed by atoms with E-state index in [4.69, 9.17) is 0 Å². The van der Waals surface area contributed by atoms with Crippen molar-refractivity contribution in [2.45, 2.75) is 12.9 Å². The van der Waals surface area contributed by atoms with Crippen LogP contribution in [0.5, 0.6) is 0 Å². The van der Waals surface area contributed by atoms with E-state index in [0.29, 0.717) is 11.6 Å². The molecule has 32 heavy (non-hydrogen) atoms. The lowest BCUT2D eigenvalue weighted by molar-refractivity contribution is -0.137. The summed E-state index contributed by atoms with van der Waals surface area (Å²) in [6.45, 7) is -1.11. The molecule has 0 saturated heterocycles. The van der Waals surface area contributed by atoms with Crippen LogP contribution in [0.25, 0.3) is 16.7 Å². The first-order chi connectivity index (χ1) is 15.2. The predicted octanol–water partition coefficient (Wildman–Crippen LogP) is 6.04. The van der Waals surface area contributed by atoms with Crippen molar-refractivity contribution < 1.29 is 31.1 Å². The van der Waals surface area contributed by atoms with Crippen molar-refractivity contribution in [3.63, 3.8) is 0 Å². The topological polar surface area (TPSA) is 46.9 Å². The molecule has 10 heteroatoms. The zero-order chi connectivity index (χ0) is 23.0. The third-order valence-electron chi connectivity index (χ3n) is 4.75. The van der Waals surface area contributed by atoms with Gasteiger partial charge < -0.3 is 5.32 Å². The number of rotatable bonds is 4. The maximum absolute atomic E-state index is 13.9. The highest BCUT2D eigenvalue weighted by atomic mass is 19.4. The van der Waals surface area contributed by atoms with Gasteiger partial charge in [0, 0.05) is 5.69 Å². The van der Waals surface area contributed by atoms with E-state index in [2.05, 4.69) is 10.3 Å². The minimum absolute atomic E-state index is 0.227. The first-order valence-corrected chi connectivity index (χ1v) is 9.20. The summed E-state index contributed by atoms with van der Waals surface area (Å²) in [5.41, 5.74) is -1.96. The molecule has 4 aromatic rings. The summed E-state index contributed by atoms with van der Waals surface area (Å²) in [5, 5.41) is 2.13. The zero-order valence-corrected chi connectivity index (χ0v) is 16.1. The van der Waals surface area contributed by atoms with Gasteiger partial charge in [0.2, 0.25) is 0 Å². The van der Waals surface area contributed by atoms with Crippen molar-refractivity contribution in [3.05, 3.63) is 89.2 Å². The molecule has 4 rings (SSSR count). The van der Waals surface area contributed by atoms with Gasteiger partial charge in [-0.3, -0.25) is 9.36 Å². The lowest BCUT2D eigenvalue weighted by Gasteiger charge is -2.17. The van der Waals surface area contributed by atoms with Gasteiger partial charge in [0.1, 0.15) is 12.5 Å². The van der Waals surface area contributed by atoms with Crippen LogP contribution in [0.1, 0.15) is 21.7 Å². The highest BCUT2D eigenvalue weighted by molar-refractivity contribution is 6.04. The standard InChI is InChI=1S/C22H13F6N3O/c23-11-19-30-16-6-1-2-7-18(16)31(19)17-9-8-12(10-14(17)22(26,27)28)29-21(32)13-4-3-5-15(24)20(13)25/h1-10H,11H2,(H,29,32). The number of anilines is 1. The van der Waals surface area contributed by atoms with E-state index in [-0.39, 0.29) is 17.0 Å². The monoisotopic (exact) mass is 449 g/mol. The number of carbonyl (C=O) groups is 1. The fourth-order valence-corrected chi connectivity index (χ4v) is 3.35. The van der Waals surface area contributed by atoms with Crippen LogP contribution in [0, 0.1) is 11.6 Å². The number of fused-ring (bicyclic) bond motifs is 1. The number of para-hydroxylation sites is 2. The minimum Gasteiger partial charge on any atom is -0.322 e. The normalized spacial score (nSPS) is 11.7. The summed E-state index contributed by atoms with van der Waals surface area (Å²) >= 11 is 0. The van der Waals surface area contributed by atoms with Crippen molar-refractivity contribution in [1.29, 1.82) is 0 Å². The first kappa shape index (κ1) is 21.4. The number of amides is 1. The van der Waals surface area contributed by atoms with Gasteiger partial charge in [0.25, 0.3) is 5.91 Å². The molecule has 0 spiro atoms. The number of imidazole rings is 1. The van der Waals surface area contributed by atoms with Gasteiger partial charge >= 0.3 is 6.18 Å². The Kier molecular flexibility index (Phi) is 5.37. The summed E-state index contributed by atoms with van der Waals surface area (Å²) in [6, 6.07) is 12.0. The van der Waals surface area contributed by atoms with Crippen LogP contribution in [0.15, 0.2) is 60.7 Å². The number of hydrogen-bond acceptors (Lipinski definition) is 2. The molecule has 4 nitrogen and oxygen atoms in total. The van der Waals surface area contributed by atoms with E-state index in [9.17, 15) is 31.1 Å². The highest BCUT2D eigenvalue weighted by Crippen LogP contribution is 2.37. The van der Waals surface area contributed by atoms with Crippen LogP contribution >= 0.6 is 0 Å². The fraction of sp³-hybridized carbons (Fsp3) is 0.0909. The van der Waals surface area contributed by atoms with Crippen LogP contribution < -0.4 is 5.32 Å². The van der Waals surface area contributed by atoms with Crippen molar-refractivity contribution in [2.24, 2.45) is 0 Å². The average Bonchev–Trinajstić information content (AvgIpc) is 3.13. The summed E-state index contributed by atoms with van der Waals surface area (Å²) in [4.78, 5) is 16.3. The van der Waals surface area contributed by atoms with Crippen LogP contribution in [0.3, 0.4) is 0 Å². The predicted molar refractivity (Wildman–Crippen MR) is 105 cm³/mol. The SMILES string of the molecule is O=C(Nc1ccc(-n2c(CF)nc3ccccc32)c(C(F)(F)F)c1)c1cccc(F)c1F. The molecule has 1 aromatic heterocycles. The number of aromatic nitrogens is 2. The second kappa shape index (κ2) is 8.03. The molecule has 0 aliphatic heterocycles. The van der Waals surface area contributed by atoms with Crippen LogP contribution in [0.4, 0.5) is 32.0 Å². The third kappa shape index (κ3) is 3.79. The van der Waals surface area contributed by atoms with E-state index in [0.717, 1.165) is 34.9 Å². The molecule has 0 atom stereocenters. The largest absolute Gasteiger partial charge is 0.418 e. The molecule has 0 unspecified atom stereocenters. The van der Waals surface area contributed by atoms with E-state index >= 15 is 0 Å². The molecule has 1 amide bonds. The Morgan fingerprint density at radius 3 is 2.47 bits per heavy atom. The smallest absolute Gasteiger partial charge is 0.322 e.